The highest BCUT2D eigenvalue weighted by atomic mass is 16.5. The number of hydrogen-bond donors (Lipinski definition) is 0. The number of hydrogen-bond acceptors (Lipinski definition) is 2. The predicted octanol–water partition coefficient (Wildman–Crippen LogP) is 4.30. The highest BCUT2D eigenvalue weighted by Crippen LogP contribution is 2.38. The van der Waals surface area contributed by atoms with E-state index in [2.05, 4.69) is 0 Å². The van der Waals surface area contributed by atoms with Crippen LogP contribution in [0.25, 0.3) is 32.8 Å². The van der Waals surface area contributed by atoms with E-state index in [4.69, 9.17) is 4.74 Å². The summed E-state index contributed by atoms with van der Waals surface area (Å²) in [6.45, 7) is 0. The maximum atomic E-state index is 12.6. The van der Waals surface area contributed by atoms with Crippen LogP contribution in [0.2, 0.25) is 0 Å². The Morgan fingerprint density at radius 3 is 2.17 bits per heavy atom. The number of rotatable bonds is 2. The van der Waals surface area contributed by atoms with Crippen molar-refractivity contribution in [2.75, 3.05) is 7.11 Å². The minimum Gasteiger partial charge on any atom is -0.618 e. The monoisotopic (exact) mass is 301 g/mol. The van der Waals surface area contributed by atoms with Crippen molar-refractivity contribution in [3.05, 3.63) is 78.1 Å². The minimum absolute atomic E-state index is 0.622. The van der Waals surface area contributed by atoms with Crippen LogP contribution in [0.3, 0.4) is 0 Å². The Bertz CT molecular complexity index is 1020. The molecule has 4 rings (SSSR count). The molecule has 0 saturated heterocycles. The molecule has 1 heterocycles. The van der Waals surface area contributed by atoms with E-state index < -0.39 is 0 Å². The highest BCUT2D eigenvalue weighted by molar-refractivity contribution is 6.05. The molecule has 1 aromatic heterocycles. The van der Waals surface area contributed by atoms with Crippen LogP contribution in [0.5, 0.6) is 5.75 Å². The first-order chi connectivity index (χ1) is 11.3. The first kappa shape index (κ1) is 13.6. The van der Waals surface area contributed by atoms with Gasteiger partial charge < -0.3 is 9.94 Å². The van der Waals surface area contributed by atoms with E-state index in [1.165, 1.54) is 0 Å². The first-order valence-electron chi connectivity index (χ1n) is 7.46. The SMILES string of the molecule is COc1ccc2ccccc2c1-c1c2ccccc2cc[n+]1[O-]. The van der Waals surface area contributed by atoms with Crippen molar-refractivity contribution < 1.29 is 9.47 Å². The van der Waals surface area contributed by atoms with Crippen molar-refractivity contribution in [2.24, 2.45) is 0 Å². The van der Waals surface area contributed by atoms with E-state index in [9.17, 15) is 5.21 Å². The van der Waals surface area contributed by atoms with Gasteiger partial charge in [0.2, 0.25) is 5.69 Å². The molecule has 0 saturated carbocycles. The number of pyridine rings is 1. The van der Waals surface area contributed by atoms with E-state index in [-0.39, 0.29) is 0 Å². The number of ether oxygens (including phenoxy) is 1. The van der Waals surface area contributed by atoms with Crippen LogP contribution in [-0.4, -0.2) is 7.11 Å². The molecule has 0 radical (unpaired) electrons. The number of methoxy groups -OCH3 is 1. The molecule has 0 unspecified atom stereocenters. The van der Waals surface area contributed by atoms with Crippen LogP contribution in [0.1, 0.15) is 0 Å². The molecule has 0 spiro atoms. The molecule has 4 aromatic rings. The molecule has 0 amide bonds. The molecular weight excluding hydrogens is 286 g/mol. The Labute approximate surface area is 134 Å². The maximum absolute atomic E-state index is 12.6. The van der Waals surface area contributed by atoms with Crippen molar-refractivity contribution in [3.63, 3.8) is 0 Å². The Morgan fingerprint density at radius 2 is 1.43 bits per heavy atom. The Kier molecular flexibility index (Phi) is 3.12. The summed E-state index contributed by atoms with van der Waals surface area (Å²) >= 11 is 0. The van der Waals surface area contributed by atoms with Gasteiger partial charge in [0.1, 0.15) is 5.75 Å². The number of aromatic nitrogens is 1. The summed E-state index contributed by atoms with van der Waals surface area (Å²) < 4.78 is 6.48. The average Bonchev–Trinajstić information content (AvgIpc) is 2.61. The third-order valence-corrected chi connectivity index (χ3v) is 4.17. The molecule has 0 aliphatic carbocycles. The second-order valence-electron chi connectivity index (χ2n) is 5.44. The van der Waals surface area contributed by atoms with E-state index >= 15 is 0 Å². The minimum atomic E-state index is 0.622. The smallest absolute Gasteiger partial charge is 0.236 e. The zero-order valence-corrected chi connectivity index (χ0v) is 12.7. The van der Waals surface area contributed by atoms with Gasteiger partial charge in [-0.05, 0) is 28.3 Å². The topological polar surface area (TPSA) is 36.2 Å². The molecule has 0 aliphatic heterocycles. The summed E-state index contributed by atoms with van der Waals surface area (Å²) in [4.78, 5) is 0. The molecule has 3 heteroatoms. The second-order valence-corrected chi connectivity index (χ2v) is 5.44. The van der Waals surface area contributed by atoms with Crippen LogP contribution in [0.15, 0.2) is 72.9 Å². The van der Waals surface area contributed by atoms with Crippen LogP contribution < -0.4 is 9.47 Å². The summed E-state index contributed by atoms with van der Waals surface area (Å²) in [5, 5.41) is 16.6. The predicted molar refractivity (Wildman–Crippen MR) is 92.4 cm³/mol. The van der Waals surface area contributed by atoms with E-state index in [0.717, 1.165) is 31.8 Å². The summed E-state index contributed by atoms with van der Waals surface area (Å²) in [6, 6.07) is 21.7. The van der Waals surface area contributed by atoms with Gasteiger partial charge in [-0.2, -0.15) is 4.73 Å². The van der Waals surface area contributed by atoms with Crippen LogP contribution in [-0.2, 0) is 0 Å². The zero-order valence-electron chi connectivity index (χ0n) is 12.7. The van der Waals surface area contributed by atoms with Crippen molar-refractivity contribution in [1.82, 2.24) is 0 Å². The third kappa shape index (κ3) is 2.09. The van der Waals surface area contributed by atoms with Crippen LogP contribution in [0.4, 0.5) is 0 Å². The largest absolute Gasteiger partial charge is 0.618 e. The van der Waals surface area contributed by atoms with Crippen molar-refractivity contribution in [2.45, 2.75) is 0 Å². The normalized spacial score (nSPS) is 11.0. The molecule has 0 N–H and O–H groups in total. The van der Waals surface area contributed by atoms with Crippen molar-refractivity contribution in [1.29, 1.82) is 0 Å². The molecule has 3 aromatic carbocycles. The molecule has 0 bridgehead atoms. The van der Waals surface area contributed by atoms with E-state index in [1.807, 2.05) is 66.7 Å². The molecule has 0 aliphatic rings. The van der Waals surface area contributed by atoms with Gasteiger partial charge in [0.05, 0.1) is 18.1 Å². The maximum Gasteiger partial charge on any atom is 0.236 e. The standard InChI is InChI=1S/C20H15NO2/c1-23-18-11-10-14-6-2-4-8-16(14)19(18)20-17-9-5-3-7-15(17)12-13-21(20)22/h2-13H,1H3. The van der Waals surface area contributed by atoms with Gasteiger partial charge in [-0.25, -0.2) is 0 Å². The summed E-state index contributed by atoms with van der Waals surface area (Å²) in [7, 11) is 1.63. The molecule has 0 atom stereocenters. The second kappa shape index (κ2) is 5.29. The quantitative estimate of drug-likeness (QED) is 0.409. The fraction of sp³-hybridized carbons (Fsp3) is 0.0500. The van der Waals surface area contributed by atoms with Crippen molar-refractivity contribution >= 4 is 21.5 Å². The molecule has 0 fully saturated rings. The Morgan fingerprint density at radius 1 is 0.783 bits per heavy atom. The van der Waals surface area contributed by atoms with E-state index in [1.54, 1.807) is 13.3 Å². The number of benzene rings is 3. The first-order valence-corrected chi connectivity index (χ1v) is 7.46. The fourth-order valence-corrected chi connectivity index (χ4v) is 3.11. The van der Waals surface area contributed by atoms with Gasteiger partial charge in [-0.15, -0.1) is 0 Å². The lowest BCUT2D eigenvalue weighted by Gasteiger charge is -2.14. The molecular formula is C20H15NO2. The highest BCUT2D eigenvalue weighted by Gasteiger charge is 2.21. The van der Waals surface area contributed by atoms with Gasteiger partial charge in [0, 0.05) is 6.07 Å². The average molecular weight is 301 g/mol. The van der Waals surface area contributed by atoms with Gasteiger partial charge in [-0.3, -0.25) is 0 Å². The van der Waals surface area contributed by atoms with Crippen molar-refractivity contribution in [3.8, 4) is 17.0 Å². The Hall–Kier alpha value is -3.07. The molecule has 3 nitrogen and oxygen atoms in total. The fourth-order valence-electron chi connectivity index (χ4n) is 3.11. The summed E-state index contributed by atoms with van der Waals surface area (Å²) in [5.41, 5.74) is 1.45. The lowest BCUT2D eigenvalue weighted by atomic mass is 9.97. The zero-order chi connectivity index (χ0) is 15.8. The Balaban J connectivity index is 2.21. The number of nitrogens with zero attached hydrogens (tertiary/aromatic N) is 1. The lowest BCUT2D eigenvalue weighted by Crippen LogP contribution is -2.28. The number of fused-ring (bicyclic) bond motifs is 2. The third-order valence-electron chi connectivity index (χ3n) is 4.17. The van der Waals surface area contributed by atoms with Gasteiger partial charge in [0.25, 0.3) is 0 Å². The lowest BCUT2D eigenvalue weighted by molar-refractivity contribution is -0.592. The summed E-state index contributed by atoms with van der Waals surface area (Å²) in [5.74, 6) is 0.699. The van der Waals surface area contributed by atoms with Crippen LogP contribution >= 0.6 is 0 Å². The summed E-state index contributed by atoms with van der Waals surface area (Å²) in [6.07, 6.45) is 1.55. The molecule has 112 valence electrons. The van der Waals surface area contributed by atoms with Crippen LogP contribution in [0, 0.1) is 5.21 Å². The van der Waals surface area contributed by atoms with Gasteiger partial charge >= 0.3 is 0 Å². The van der Waals surface area contributed by atoms with E-state index in [0.29, 0.717) is 11.4 Å². The van der Waals surface area contributed by atoms with Gasteiger partial charge in [0.15, 0.2) is 6.20 Å². The van der Waals surface area contributed by atoms with Gasteiger partial charge in [-0.1, -0.05) is 48.5 Å². The molecule has 23 heavy (non-hydrogen) atoms.